The van der Waals surface area contributed by atoms with E-state index in [1.807, 2.05) is 0 Å². The highest BCUT2D eigenvalue weighted by molar-refractivity contribution is 5.49. The second-order valence-corrected chi connectivity index (χ2v) is 4.42. The van der Waals surface area contributed by atoms with Crippen LogP contribution in [0.15, 0.2) is 48.1 Å². The lowest BCUT2D eigenvalue weighted by Crippen LogP contribution is -1.82. The maximum Gasteiger partial charge on any atom is -0.0135 e. The van der Waals surface area contributed by atoms with Gasteiger partial charge in [0.2, 0.25) is 0 Å². The fraction of sp³-hybridized carbons (Fsp3) is 0.412. The summed E-state index contributed by atoms with van der Waals surface area (Å²) in [6.45, 7) is 4.49. The molecule has 0 fully saturated rings. The van der Waals surface area contributed by atoms with Crippen molar-refractivity contribution in [2.75, 3.05) is 0 Å². The molecule has 0 nitrogen and oxygen atoms in total. The van der Waals surface area contributed by atoms with E-state index >= 15 is 0 Å². The molecular weight excluding hydrogens is 204 g/mol. The summed E-state index contributed by atoms with van der Waals surface area (Å²) in [6.07, 6.45) is 13.0. The average Bonchev–Trinajstić information content (AvgIpc) is 2.37. The van der Waals surface area contributed by atoms with Crippen LogP contribution in [0.1, 0.15) is 51.5 Å². The van der Waals surface area contributed by atoms with Crippen molar-refractivity contribution in [3.63, 3.8) is 0 Å². The molecule has 0 spiro atoms. The van der Waals surface area contributed by atoms with Gasteiger partial charge in [0, 0.05) is 0 Å². The average molecular weight is 228 g/mol. The lowest BCUT2D eigenvalue weighted by Gasteiger charge is -2.02. The molecule has 0 heteroatoms. The van der Waals surface area contributed by atoms with E-state index in [2.05, 4.69) is 62.4 Å². The molecule has 0 saturated heterocycles. The molecule has 0 radical (unpaired) electrons. The van der Waals surface area contributed by atoms with Gasteiger partial charge >= 0.3 is 0 Å². The molecule has 0 aliphatic rings. The molecule has 17 heavy (non-hydrogen) atoms. The predicted octanol–water partition coefficient (Wildman–Crippen LogP) is 5.62. The molecule has 0 aromatic heterocycles. The zero-order valence-electron chi connectivity index (χ0n) is 11.2. The van der Waals surface area contributed by atoms with Crippen LogP contribution in [-0.2, 0) is 0 Å². The van der Waals surface area contributed by atoms with E-state index in [1.165, 1.54) is 31.2 Å². The Kier molecular flexibility index (Phi) is 7.13. The first-order valence-electron chi connectivity index (χ1n) is 6.76. The zero-order chi connectivity index (χ0) is 12.3. The molecule has 1 rings (SSSR count). The van der Waals surface area contributed by atoms with Gasteiger partial charge in [-0.3, -0.25) is 0 Å². The molecule has 92 valence electrons. The highest BCUT2D eigenvalue weighted by Gasteiger charge is 1.93. The van der Waals surface area contributed by atoms with Crippen LogP contribution >= 0.6 is 0 Å². The third kappa shape index (κ3) is 6.11. The highest BCUT2D eigenvalue weighted by Crippen LogP contribution is 2.13. The van der Waals surface area contributed by atoms with Crippen molar-refractivity contribution in [1.82, 2.24) is 0 Å². The van der Waals surface area contributed by atoms with Gasteiger partial charge in [-0.25, -0.2) is 0 Å². The normalized spacial score (nSPS) is 12.2. The monoisotopic (exact) mass is 228 g/mol. The third-order valence-corrected chi connectivity index (χ3v) is 2.78. The molecule has 0 heterocycles. The van der Waals surface area contributed by atoms with Crippen LogP contribution in [0.3, 0.4) is 0 Å². The summed E-state index contributed by atoms with van der Waals surface area (Å²) in [4.78, 5) is 0. The third-order valence-electron chi connectivity index (χ3n) is 2.78. The van der Waals surface area contributed by atoms with Gasteiger partial charge in [0.15, 0.2) is 0 Å². The first-order chi connectivity index (χ1) is 8.36. The van der Waals surface area contributed by atoms with E-state index < -0.39 is 0 Å². The maximum atomic E-state index is 2.42. The summed E-state index contributed by atoms with van der Waals surface area (Å²) in [6, 6.07) is 10.5. The topological polar surface area (TPSA) is 0 Å². The Morgan fingerprint density at radius 2 is 1.82 bits per heavy atom. The van der Waals surface area contributed by atoms with Gasteiger partial charge in [0.25, 0.3) is 0 Å². The molecule has 0 atom stereocenters. The Hall–Kier alpha value is -1.30. The van der Waals surface area contributed by atoms with Crippen molar-refractivity contribution in [3.05, 3.63) is 53.6 Å². The van der Waals surface area contributed by atoms with Crippen LogP contribution in [0.5, 0.6) is 0 Å². The Bertz CT molecular complexity index is 344. The van der Waals surface area contributed by atoms with E-state index in [0.717, 1.165) is 6.42 Å². The summed E-state index contributed by atoms with van der Waals surface area (Å²) in [7, 11) is 0. The molecular formula is C17H24. The van der Waals surface area contributed by atoms with Gasteiger partial charge in [0.05, 0.1) is 0 Å². The molecule has 0 unspecified atom stereocenters. The quantitative estimate of drug-likeness (QED) is 0.532. The Balaban J connectivity index is 2.48. The van der Waals surface area contributed by atoms with Crippen LogP contribution in [-0.4, -0.2) is 0 Å². The number of benzene rings is 1. The van der Waals surface area contributed by atoms with Crippen LogP contribution in [0.4, 0.5) is 0 Å². The summed E-state index contributed by atoms with van der Waals surface area (Å²) < 4.78 is 0. The summed E-state index contributed by atoms with van der Waals surface area (Å²) in [5.41, 5.74) is 2.88. The van der Waals surface area contributed by atoms with Gasteiger partial charge in [-0.1, -0.05) is 80.8 Å². The standard InChI is InChI=1S/C17H24/c1-3-5-11-16(10-4-2)14-9-15-17-12-7-6-8-13-17/h6-9,11-13,15H,3-5,10,14H2,1-2H3. The second kappa shape index (κ2) is 8.81. The Labute approximate surface area is 106 Å². The summed E-state index contributed by atoms with van der Waals surface area (Å²) in [5, 5.41) is 0. The van der Waals surface area contributed by atoms with E-state index in [9.17, 15) is 0 Å². The number of unbranched alkanes of at least 4 members (excludes halogenated alkanes) is 1. The largest absolute Gasteiger partial charge is 0.0850 e. The highest BCUT2D eigenvalue weighted by atomic mass is 14.0. The van der Waals surface area contributed by atoms with E-state index in [1.54, 1.807) is 5.57 Å². The van der Waals surface area contributed by atoms with Gasteiger partial charge in [-0.15, -0.1) is 0 Å². The van der Waals surface area contributed by atoms with E-state index in [0.29, 0.717) is 0 Å². The fourth-order valence-corrected chi connectivity index (χ4v) is 1.87. The van der Waals surface area contributed by atoms with Crippen molar-refractivity contribution >= 4 is 6.08 Å². The van der Waals surface area contributed by atoms with Crippen molar-refractivity contribution in [2.24, 2.45) is 0 Å². The van der Waals surface area contributed by atoms with Crippen molar-refractivity contribution in [3.8, 4) is 0 Å². The van der Waals surface area contributed by atoms with Crippen molar-refractivity contribution in [1.29, 1.82) is 0 Å². The molecule has 1 aromatic rings. The summed E-state index contributed by atoms with van der Waals surface area (Å²) in [5.74, 6) is 0. The van der Waals surface area contributed by atoms with Gasteiger partial charge in [0.1, 0.15) is 0 Å². The van der Waals surface area contributed by atoms with E-state index in [4.69, 9.17) is 0 Å². The van der Waals surface area contributed by atoms with Crippen molar-refractivity contribution < 1.29 is 0 Å². The van der Waals surface area contributed by atoms with Gasteiger partial charge in [-0.05, 0) is 24.8 Å². The molecule has 0 bridgehead atoms. The molecule has 0 amide bonds. The lowest BCUT2D eigenvalue weighted by molar-refractivity contribution is 0.854. The minimum absolute atomic E-state index is 1.10. The second-order valence-electron chi connectivity index (χ2n) is 4.42. The zero-order valence-corrected chi connectivity index (χ0v) is 11.2. The van der Waals surface area contributed by atoms with Crippen LogP contribution < -0.4 is 0 Å². The van der Waals surface area contributed by atoms with Gasteiger partial charge < -0.3 is 0 Å². The maximum absolute atomic E-state index is 2.42. The van der Waals surface area contributed by atoms with Crippen LogP contribution in [0.25, 0.3) is 6.08 Å². The first-order valence-corrected chi connectivity index (χ1v) is 6.76. The number of allylic oxidation sites excluding steroid dienone is 3. The van der Waals surface area contributed by atoms with Crippen LogP contribution in [0.2, 0.25) is 0 Å². The molecule has 0 aliphatic carbocycles. The molecule has 0 N–H and O–H groups in total. The smallest absolute Gasteiger partial charge is 0.0135 e. The minimum atomic E-state index is 1.10. The van der Waals surface area contributed by atoms with E-state index in [-0.39, 0.29) is 0 Å². The van der Waals surface area contributed by atoms with Crippen molar-refractivity contribution in [2.45, 2.75) is 46.0 Å². The number of hydrogen-bond donors (Lipinski definition) is 0. The first kappa shape index (κ1) is 13.8. The van der Waals surface area contributed by atoms with Gasteiger partial charge in [-0.2, -0.15) is 0 Å². The molecule has 1 aromatic carbocycles. The van der Waals surface area contributed by atoms with Crippen LogP contribution in [0, 0.1) is 0 Å². The minimum Gasteiger partial charge on any atom is -0.0850 e. The lowest BCUT2D eigenvalue weighted by atomic mass is 10.0. The Morgan fingerprint density at radius 1 is 1.06 bits per heavy atom. The molecule has 0 saturated carbocycles. The number of hydrogen-bond acceptors (Lipinski definition) is 0. The predicted molar refractivity (Wildman–Crippen MR) is 78.0 cm³/mol. The SMILES string of the molecule is CCCC=C(CC=Cc1ccccc1)CCC. The fourth-order valence-electron chi connectivity index (χ4n) is 1.87. The summed E-state index contributed by atoms with van der Waals surface area (Å²) >= 11 is 0. The number of rotatable bonds is 7. The molecule has 0 aliphatic heterocycles. The Morgan fingerprint density at radius 3 is 2.47 bits per heavy atom.